The Morgan fingerprint density at radius 3 is 1.49 bits per heavy atom. The first-order valence-corrected chi connectivity index (χ1v) is 20.8. The molecule has 12 rings (SSSR count). The minimum atomic E-state index is 0.905. The van der Waals surface area contributed by atoms with Crippen molar-refractivity contribution in [3.05, 3.63) is 231 Å². The molecule has 12 aromatic rings. The van der Waals surface area contributed by atoms with Crippen molar-refractivity contribution in [2.75, 3.05) is 4.90 Å². The minimum absolute atomic E-state index is 0.905. The fourth-order valence-corrected chi connectivity index (χ4v) is 9.20. The van der Waals surface area contributed by atoms with E-state index in [1.54, 1.807) is 0 Å². The van der Waals surface area contributed by atoms with E-state index in [1.165, 1.54) is 49.3 Å². The van der Waals surface area contributed by atoms with Gasteiger partial charge in [-0.1, -0.05) is 158 Å². The van der Waals surface area contributed by atoms with Gasteiger partial charge in [-0.15, -0.1) is 0 Å². The molecule has 0 fully saturated rings. The monoisotopic (exact) mass is 778 g/mol. The van der Waals surface area contributed by atoms with Crippen molar-refractivity contribution in [1.82, 2.24) is 4.57 Å². The van der Waals surface area contributed by atoms with E-state index < -0.39 is 0 Å². The number of aromatic nitrogens is 1. The van der Waals surface area contributed by atoms with Crippen LogP contribution in [-0.4, -0.2) is 4.57 Å². The number of hydrogen-bond acceptors (Lipinski definition) is 2. The summed E-state index contributed by atoms with van der Waals surface area (Å²) in [7, 11) is 0. The Hall–Kier alpha value is -8.14. The van der Waals surface area contributed by atoms with Crippen molar-refractivity contribution in [2.24, 2.45) is 0 Å². The zero-order valence-corrected chi connectivity index (χ0v) is 33.2. The van der Waals surface area contributed by atoms with Crippen molar-refractivity contribution in [3.63, 3.8) is 0 Å². The maximum absolute atomic E-state index is 6.13. The quantitative estimate of drug-likeness (QED) is 0.161. The van der Waals surface area contributed by atoms with Crippen molar-refractivity contribution in [3.8, 4) is 39.1 Å². The van der Waals surface area contributed by atoms with E-state index >= 15 is 0 Å². The molecule has 0 amide bonds. The lowest BCUT2D eigenvalue weighted by Crippen LogP contribution is -2.09. The number of anilines is 3. The Morgan fingerprint density at radius 2 is 0.803 bits per heavy atom. The Balaban J connectivity index is 0.943. The molecule has 2 aromatic heterocycles. The van der Waals surface area contributed by atoms with Crippen LogP contribution in [0.25, 0.3) is 93.6 Å². The maximum Gasteiger partial charge on any atom is 0.135 e. The van der Waals surface area contributed by atoms with Crippen LogP contribution in [0.15, 0.2) is 235 Å². The topological polar surface area (TPSA) is 21.3 Å². The highest BCUT2D eigenvalue weighted by molar-refractivity contribution is 6.19. The van der Waals surface area contributed by atoms with Gasteiger partial charge in [0.05, 0.1) is 11.0 Å². The number of hydrogen-bond donors (Lipinski definition) is 0. The highest BCUT2D eigenvalue weighted by Crippen LogP contribution is 2.41. The molecule has 0 radical (unpaired) electrons. The summed E-state index contributed by atoms with van der Waals surface area (Å²) in [6.07, 6.45) is 0. The van der Waals surface area contributed by atoms with E-state index in [2.05, 4.69) is 228 Å². The second-order valence-electron chi connectivity index (χ2n) is 15.7. The maximum atomic E-state index is 6.13. The first-order valence-electron chi connectivity index (χ1n) is 20.8. The fourth-order valence-electron chi connectivity index (χ4n) is 9.20. The summed E-state index contributed by atoms with van der Waals surface area (Å²) < 4.78 is 8.56. The van der Waals surface area contributed by atoms with Gasteiger partial charge in [0.1, 0.15) is 11.2 Å². The van der Waals surface area contributed by atoms with Crippen LogP contribution in [0.5, 0.6) is 0 Å². The van der Waals surface area contributed by atoms with E-state index in [0.717, 1.165) is 61.4 Å². The molecule has 0 atom stereocenters. The molecule has 0 aliphatic carbocycles. The number of rotatable bonds is 7. The van der Waals surface area contributed by atoms with Crippen molar-refractivity contribution in [2.45, 2.75) is 0 Å². The molecular weight excluding hydrogens is 741 g/mol. The normalized spacial score (nSPS) is 11.6. The third kappa shape index (κ3) is 5.98. The van der Waals surface area contributed by atoms with Gasteiger partial charge >= 0.3 is 0 Å². The molecular formula is C58H38N2O. The van der Waals surface area contributed by atoms with Crippen LogP contribution < -0.4 is 4.90 Å². The van der Waals surface area contributed by atoms with E-state index in [-0.39, 0.29) is 0 Å². The molecule has 0 spiro atoms. The second kappa shape index (κ2) is 14.3. The standard InChI is InChI=1S/C58H38N2O/c1-3-11-39(12-4-1)40-19-28-47(29-20-40)59(48-30-21-41(22-31-48)44-27-36-57-54(37-44)52-17-9-10-18-56(52)61-57)49-32-23-42(24-33-49)45-26-34-51-53-35-25-43-13-7-8-16-50(43)58(53)60(55(51)38-45)46-14-5-2-6-15-46/h1-38H. The van der Waals surface area contributed by atoms with Gasteiger partial charge in [-0.3, -0.25) is 0 Å². The lowest BCUT2D eigenvalue weighted by Gasteiger charge is -2.26. The Morgan fingerprint density at radius 1 is 0.311 bits per heavy atom. The predicted octanol–water partition coefficient (Wildman–Crippen LogP) is 16.3. The van der Waals surface area contributed by atoms with Gasteiger partial charge in [0.15, 0.2) is 0 Å². The molecule has 0 saturated carbocycles. The number of furan rings is 1. The van der Waals surface area contributed by atoms with E-state index in [0.29, 0.717) is 0 Å². The van der Waals surface area contributed by atoms with Gasteiger partial charge in [0.25, 0.3) is 0 Å². The molecule has 0 unspecified atom stereocenters. The Kier molecular flexibility index (Phi) is 8.17. The van der Waals surface area contributed by atoms with Gasteiger partial charge < -0.3 is 13.9 Å². The summed E-state index contributed by atoms with van der Waals surface area (Å²) >= 11 is 0. The molecule has 0 bridgehead atoms. The van der Waals surface area contributed by atoms with Crippen LogP contribution >= 0.6 is 0 Å². The van der Waals surface area contributed by atoms with Crippen LogP contribution in [0.3, 0.4) is 0 Å². The van der Waals surface area contributed by atoms with Gasteiger partial charge in [0.2, 0.25) is 0 Å². The summed E-state index contributed by atoms with van der Waals surface area (Å²) in [6, 6.07) is 83.0. The SMILES string of the molecule is c1ccc(-c2ccc(N(c3ccc(-c4ccc5oc6ccccc6c5c4)cc3)c3ccc(-c4ccc5c6ccc7ccccc7c6n(-c6ccccc6)c5c4)cc3)cc2)cc1. The number of fused-ring (bicyclic) bond motifs is 8. The summed E-state index contributed by atoms with van der Waals surface area (Å²) in [6.45, 7) is 0. The van der Waals surface area contributed by atoms with Crippen LogP contribution in [0, 0.1) is 0 Å². The lowest BCUT2D eigenvalue weighted by molar-refractivity contribution is 0.669. The number of nitrogens with zero attached hydrogens (tertiary/aromatic N) is 2. The van der Waals surface area contributed by atoms with E-state index in [9.17, 15) is 0 Å². The van der Waals surface area contributed by atoms with Gasteiger partial charge in [-0.2, -0.15) is 0 Å². The average molecular weight is 779 g/mol. The first-order chi connectivity index (χ1) is 30.2. The molecule has 10 aromatic carbocycles. The van der Waals surface area contributed by atoms with Gasteiger partial charge in [-0.05, 0) is 112 Å². The highest BCUT2D eigenvalue weighted by Gasteiger charge is 2.18. The molecule has 2 heterocycles. The van der Waals surface area contributed by atoms with E-state index in [4.69, 9.17) is 4.42 Å². The molecule has 0 aliphatic rings. The van der Waals surface area contributed by atoms with Crippen molar-refractivity contribution in [1.29, 1.82) is 0 Å². The first kappa shape index (κ1) is 34.9. The van der Waals surface area contributed by atoms with Crippen LogP contribution in [-0.2, 0) is 0 Å². The zero-order valence-electron chi connectivity index (χ0n) is 33.2. The largest absolute Gasteiger partial charge is 0.456 e. The second-order valence-corrected chi connectivity index (χ2v) is 15.7. The summed E-state index contributed by atoms with van der Waals surface area (Å²) in [4.78, 5) is 2.34. The molecule has 3 nitrogen and oxygen atoms in total. The molecule has 61 heavy (non-hydrogen) atoms. The van der Waals surface area contributed by atoms with Crippen LogP contribution in [0.2, 0.25) is 0 Å². The highest BCUT2D eigenvalue weighted by atomic mass is 16.3. The summed E-state index contributed by atoms with van der Waals surface area (Å²) in [5.74, 6) is 0. The molecule has 286 valence electrons. The molecule has 0 saturated heterocycles. The number of para-hydroxylation sites is 2. The van der Waals surface area contributed by atoms with Gasteiger partial charge in [0, 0.05) is 49.7 Å². The lowest BCUT2D eigenvalue weighted by atomic mass is 10.0. The summed E-state index contributed by atoms with van der Waals surface area (Å²) in [5, 5.41) is 7.27. The third-order valence-electron chi connectivity index (χ3n) is 12.2. The summed E-state index contributed by atoms with van der Waals surface area (Å²) in [5.41, 5.74) is 15.7. The molecule has 0 N–H and O–H groups in total. The third-order valence-corrected chi connectivity index (χ3v) is 12.2. The molecule has 0 aliphatic heterocycles. The Bertz CT molecular complexity index is 3550. The van der Waals surface area contributed by atoms with Crippen LogP contribution in [0.4, 0.5) is 17.1 Å². The zero-order chi connectivity index (χ0) is 40.3. The molecule has 3 heteroatoms. The minimum Gasteiger partial charge on any atom is -0.456 e. The Labute approximate surface area is 353 Å². The van der Waals surface area contributed by atoms with Crippen molar-refractivity contribution >= 4 is 71.6 Å². The van der Waals surface area contributed by atoms with Crippen molar-refractivity contribution < 1.29 is 4.42 Å². The smallest absolute Gasteiger partial charge is 0.135 e. The number of benzene rings is 10. The van der Waals surface area contributed by atoms with Crippen LogP contribution in [0.1, 0.15) is 0 Å². The average Bonchev–Trinajstić information content (AvgIpc) is 3.88. The van der Waals surface area contributed by atoms with Gasteiger partial charge in [-0.25, -0.2) is 0 Å². The fraction of sp³-hybridized carbons (Fsp3) is 0. The van der Waals surface area contributed by atoms with E-state index in [1.807, 2.05) is 12.1 Å². The predicted molar refractivity (Wildman–Crippen MR) is 257 cm³/mol.